The van der Waals surface area contributed by atoms with Crippen molar-refractivity contribution in [1.82, 2.24) is 5.32 Å². The van der Waals surface area contributed by atoms with Crippen LogP contribution in [0.4, 0.5) is 0 Å². The quantitative estimate of drug-likeness (QED) is 0.794. The lowest BCUT2D eigenvalue weighted by Gasteiger charge is -2.42. The van der Waals surface area contributed by atoms with Crippen molar-refractivity contribution in [3.63, 3.8) is 0 Å². The Hall–Kier alpha value is -0.0800. The third-order valence-electron chi connectivity index (χ3n) is 4.02. The van der Waals surface area contributed by atoms with E-state index in [2.05, 4.69) is 39.9 Å². The third kappa shape index (κ3) is 4.59. The molecule has 0 spiro atoms. The minimum Gasteiger partial charge on any atom is -0.377 e. The van der Waals surface area contributed by atoms with Gasteiger partial charge in [0.2, 0.25) is 0 Å². The smallest absolute Gasteiger partial charge is 0.0730 e. The maximum Gasteiger partial charge on any atom is 0.0730 e. The standard InChI is InChI=1S/C15H31NO/c1-6-10-17-14-11-12(15(3,4)5)8-9-13(14)16-7-2/h12-14,16H,6-11H2,1-5H3. The molecule has 0 amide bonds. The summed E-state index contributed by atoms with van der Waals surface area (Å²) in [5.74, 6) is 0.805. The summed E-state index contributed by atoms with van der Waals surface area (Å²) in [7, 11) is 0. The fraction of sp³-hybridized carbons (Fsp3) is 1.00. The maximum absolute atomic E-state index is 6.06. The van der Waals surface area contributed by atoms with Gasteiger partial charge in [-0.05, 0) is 43.6 Å². The largest absolute Gasteiger partial charge is 0.377 e. The number of hydrogen-bond acceptors (Lipinski definition) is 2. The summed E-state index contributed by atoms with van der Waals surface area (Å²) in [6.45, 7) is 13.4. The zero-order chi connectivity index (χ0) is 12.9. The van der Waals surface area contributed by atoms with Gasteiger partial charge in [-0.15, -0.1) is 0 Å². The van der Waals surface area contributed by atoms with E-state index in [-0.39, 0.29) is 0 Å². The second-order valence-electron chi connectivity index (χ2n) is 6.45. The van der Waals surface area contributed by atoms with Crippen molar-refractivity contribution in [1.29, 1.82) is 0 Å². The molecule has 102 valence electrons. The average Bonchev–Trinajstić information content (AvgIpc) is 2.26. The fourth-order valence-electron chi connectivity index (χ4n) is 2.86. The number of hydrogen-bond donors (Lipinski definition) is 1. The SMILES string of the molecule is CCCOC1CC(C(C)(C)C)CCC1NCC. The van der Waals surface area contributed by atoms with Crippen molar-refractivity contribution in [3.8, 4) is 0 Å². The van der Waals surface area contributed by atoms with Gasteiger partial charge in [-0.3, -0.25) is 0 Å². The predicted octanol–water partition coefficient (Wildman–Crippen LogP) is 3.61. The molecule has 2 nitrogen and oxygen atoms in total. The molecule has 0 radical (unpaired) electrons. The Morgan fingerprint density at radius 2 is 1.88 bits per heavy atom. The van der Waals surface area contributed by atoms with Gasteiger partial charge in [-0.25, -0.2) is 0 Å². The molecule has 0 aromatic heterocycles. The first-order chi connectivity index (χ1) is 7.99. The summed E-state index contributed by atoms with van der Waals surface area (Å²) < 4.78 is 6.06. The van der Waals surface area contributed by atoms with E-state index in [0.717, 1.165) is 25.5 Å². The molecule has 0 aromatic carbocycles. The Balaban J connectivity index is 2.56. The second-order valence-corrected chi connectivity index (χ2v) is 6.45. The Kier molecular flexibility index (Phi) is 5.94. The Labute approximate surface area is 108 Å². The molecule has 1 aliphatic carbocycles. The monoisotopic (exact) mass is 241 g/mol. The number of likely N-dealkylation sites (N-methyl/N-ethyl adjacent to an activating group) is 1. The topological polar surface area (TPSA) is 21.3 Å². The first kappa shape index (κ1) is 15.0. The van der Waals surface area contributed by atoms with E-state index in [9.17, 15) is 0 Å². The highest BCUT2D eigenvalue weighted by atomic mass is 16.5. The predicted molar refractivity (Wildman–Crippen MR) is 74.3 cm³/mol. The van der Waals surface area contributed by atoms with Crippen LogP contribution in [0.1, 0.15) is 60.3 Å². The zero-order valence-corrected chi connectivity index (χ0v) is 12.4. The summed E-state index contributed by atoms with van der Waals surface area (Å²) in [6, 6.07) is 0.574. The van der Waals surface area contributed by atoms with Gasteiger partial charge >= 0.3 is 0 Å². The molecule has 0 saturated heterocycles. The molecule has 1 rings (SSSR count). The van der Waals surface area contributed by atoms with Gasteiger partial charge in [0, 0.05) is 12.6 Å². The van der Waals surface area contributed by atoms with Crippen molar-refractivity contribution in [2.75, 3.05) is 13.2 Å². The van der Waals surface area contributed by atoms with Crippen LogP contribution in [0, 0.1) is 11.3 Å². The number of ether oxygens (including phenoxy) is 1. The normalized spacial score (nSPS) is 30.5. The molecule has 2 heteroatoms. The molecule has 1 aliphatic rings. The molecule has 1 N–H and O–H groups in total. The van der Waals surface area contributed by atoms with E-state index in [4.69, 9.17) is 4.74 Å². The van der Waals surface area contributed by atoms with Crippen molar-refractivity contribution in [2.45, 2.75) is 72.4 Å². The van der Waals surface area contributed by atoms with E-state index in [1.807, 2.05) is 0 Å². The number of rotatable bonds is 5. The summed E-state index contributed by atoms with van der Waals surface area (Å²) in [5, 5.41) is 3.59. The lowest BCUT2D eigenvalue weighted by atomic mass is 9.70. The molecule has 3 atom stereocenters. The highest BCUT2D eigenvalue weighted by Gasteiger charge is 2.35. The van der Waals surface area contributed by atoms with Gasteiger partial charge in [-0.1, -0.05) is 34.6 Å². The van der Waals surface area contributed by atoms with Gasteiger partial charge in [0.25, 0.3) is 0 Å². The van der Waals surface area contributed by atoms with Crippen LogP contribution in [0.15, 0.2) is 0 Å². The van der Waals surface area contributed by atoms with Crippen LogP contribution in [0.5, 0.6) is 0 Å². The van der Waals surface area contributed by atoms with Crippen LogP contribution in [-0.4, -0.2) is 25.3 Å². The van der Waals surface area contributed by atoms with Crippen molar-refractivity contribution in [2.24, 2.45) is 11.3 Å². The molecule has 1 saturated carbocycles. The lowest BCUT2D eigenvalue weighted by molar-refractivity contribution is -0.0271. The van der Waals surface area contributed by atoms with E-state index in [1.165, 1.54) is 19.3 Å². The van der Waals surface area contributed by atoms with E-state index >= 15 is 0 Å². The van der Waals surface area contributed by atoms with E-state index in [0.29, 0.717) is 17.6 Å². The molecular formula is C15H31NO. The van der Waals surface area contributed by atoms with Crippen LogP contribution in [-0.2, 0) is 4.74 Å². The summed E-state index contributed by atoms with van der Waals surface area (Å²) in [5.41, 5.74) is 0.422. The Morgan fingerprint density at radius 1 is 1.18 bits per heavy atom. The highest BCUT2D eigenvalue weighted by molar-refractivity contribution is 4.89. The number of nitrogens with one attached hydrogen (secondary N) is 1. The fourth-order valence-corrected chi connectivity index (χ4v) is 2.86. The minimum atomic E-state index is 0.422. The van der Waals surface area contributed by atoms with E-state index < -0.39 is 0 Å². The van der Waals surface area contributed by atoms with Crippen molar-refractivity contribution < 1.29 is 4.74 Å². The summed E-state index contributed by atoms with van der Waals surface area (Å²) >= 11 is 0. The van der Waals surface area contributed by atoms with Crippen LogP contribution in [0.25, 0.3) is 0 Å². The van der Waals surface area contributed by atoms with Gasteiger partial charge in [-0.2, -0.15) is 0 Å². The molecule has 1 fully saturated rings. The molecular weight excluding hydrogens is 210 g/mol. The van der Waals surface area contributed by atoms with Gasteiger partial charge in [0.05, 0.1) is 6.10 Å². The van der Waals surface area contributed by atoms with Crippen molar-refractivity contribution >= 4 is 0 Å². The first-order valence-electron chi connectivity index (χ1n) is 7.34. The Morgan fingerprint density at radius 3 is 2.41 bits per heavy atom. The molecule has 0 heterocycles. The van der Waals surface area contributed by atoms with E-state index in [1.54, 1.807) is 0 Å². The minimum absolute atomic E-state index is 0.422. The summed E-state index contributed by atoms with van der Waals surface area (Å²) in [4.78, 5) is 0. The van der Waals surface area contributed by atoms with Crippen molar-refractivity contribution in [3.05, 3.63) is 0 Å². The zero-order valence-electron chi connectivity index (χ0n) is 12.4. The first-order valence-corrected chi connectivity index (χ1v) is 7.34. The molecule has 17 heavy (non-hydrogen) atoms. The molecule has 3 unspecified atom stereocenters. The molecule has 0 bridgehead atoms. The van der Waals surface area contributed by atoms with Crippen LogP contribution in [0.3, 0.4) is 0 Å². The third-order valence-corrected chi connectivity index (χ3v) is 4.02. The molecule has 0 aliphatic heterocycles. The summed E-state index contributed by atoms with van der Waals surface area (Å²) in [6.07, 6.45) is 5.38. The second kappa shape index (κ2) is 6.75. The van der Waals surface area contributed by atoms with Crippen LogP contribution in [0.2, 0.25) is 0 Å². The van der Waals surface area contributed by atoms with Gasteiger partial charge < -0.3 is 10.1 Å². The van der Waals surface area contributed by atoms with Gasteiger partial charge in [0.15, 0.2) is 0 Å². The average molecular weight is 241 g/mol. The Bertz CT molecular complexity index is 209. The maximum atomic E-state index is 6.06. The van der Waals surface area contributed by atoms with Crippen LogP contribution < -0.4 is 5.32 Å². The van der Waals surface area contributed by atoms with Crippen LogP contribution >= 0.6 is 0 Å². The highest BCUT2D eigenvalue weighted by Crippen LogP contribution is 2.38. The lowest BCUT2D eigenvalue weighted by Crippen LogP contribution is -2.47. The van der Waals surface area contributed by atoms with Gasteiger partial charge in [0.1, 0.15) is 0 Å². The molecule has 0 aromatic rings.